The quantitative estimate of drug-likeness (QED) is 0.247. The van der Waals surface area contributed by atoms with Gasteiger partial charge >= 0.3 is 5.97 Å². The lowest BCUT2D eigenvalue weighted by molar-refractivity contribution is -0.144. The first-order valence-electron chi connectivity index (χ1n) is 9.85. The number of carboxylic acid groups (broad SMARTS) is 1. The zero-order valence-electron chi connectivity index (χ0n) is 17.3. The van der Waals surface area contributed by atoms with Gasteiger partial charge in [0, 0.05) is 10.9 Å². The second-order valence-corrected chi connectivity index (χ2v) is 10.3. The maximum Gasteiger partial charge on any atom is 0.344 e. The van der Waals surface area contributed by atoms with Crippen molar-refractivity contribution in [3.63, 3.8) is 0 Å². The van der Waals surface area contributed by atoms with E-state index in [0.717, 1.165) is 30.0 Å². The van der Waals surface area contributed by atoms with E-state index in [-0.39, 0.29) is 5.56 Å². The monoisotopic (exact) mass is 723 g/mol. The fourth-order valence-electron chi connectivity index (χ4n) is 2.93. The molecular formula is C22H20BrI2N3O4. The molecule has 0 aliphatic carbocycles. The van der Waals surface area contributed by atoms with Gasteiger partial charge < -0.3 is 9.84 Å². The van der Waals surface area contributed by atoms with E-state index in [9.17, 15) is 9.59 Å². The van der Waals surface area contributed by atoms with Crippen LogP contribution in [0.4, 0.5) is 0 Å². The van der Waals surface area contributed by atoms with Crippen molar-refractivity contribution in [3.05, 3.63) is 63.7 Å². The summed E-state index contributed by atoms with van der Waals surface area (Å²) < 4.78 is 9.24. The summed E-state index contributed by atoms with van der Waals surface area (Å²) >= 11 is 7.61. The predicted molar refractivity (Wildman–Crippen MR) is 145 cm³/mol. The van der Waals surface area contributed by atoms with Gasteiger partial charge in [-0.1, -0.05) is 29.3 Å². The number of carbonyl (C=O) groups is 1. The minimum absolute atomic E-state index is 0.224. The van der Waals surface area contributed by atoms with E-state index in [0.29, 0.717) is 28.9 Å². The first kappa shape index (κ1) is 25.1. The zero-order valence-corrected chi connectivity index (χ0v) is 23.2. The molecule has 1 heterocycles. The Kier molecular flexibility index (Phi) is 8.67. The number of aliphatic carboxylic acids is 1. The number of unbranched alkanes of at least 4 members (excludes halogenated alkanes) is 1. The summed E-state index contributed by atoms with van der Waals surface area (Å²) in [4.78, 5) is 29.0. The van der Waals surface area contributed by atoms with Crippen molar-refractivity contribution in [2.45, 2.75) is 39.2 Å². The van der Waals surface area contributed by atoms with Crippen LogP contribution < -0.4 is 10.3 Å². The van der Waals surface area contributed by atoms with Crippen molar-refractivity contribution < 1.29 is 14.6 Å². The van der Waals surface area contributed by atoms with E-state index < -0.39 is 12.1 Å². The molecule has 2 aromatic carbocycles. The van der Waals surface area contributed by atoms with Crippen LogP contribution in [0.15, 0.2) is 44.7 Å². The predicted octanol–water partition coefficient (Wildman–Crippen LogP) is 5.44. The van der Waals surface area contributed by atoms with Crippen LogP contribution >= 0.6 is 61.1 Å². The summed E-state index contributed by atoms with van der Waals surface area (Å²) in [5.41, 5.74) is 1.18. The van der Waals surface area contributed by atoms with Crippen LogP contribution in [0.2, 0.25) is 0 Å². The minimum Gasteiger partial charge on any atom is -0.479 e. The first-order valence-corrected chi connectivity index (χ1v) is 12.8. The van der Waals surface area contributed by atoms with Gasteiger partial charge in [-0.2, -0.15) is 9.78 Å². The Morgan fingerprint density at radius 1 is 1.31 bits per heavy atom. The number of benzene rings is 2. The lowest BCUT2D eigenvalue weighted by atomic mass is 10.2. The van der Waals surface area contributed by atoms with Crippen molar-refractivity contribution >= 4 is 84.2 Å². The van der Waals surface area contributed by atoms with E-state index in [1.54, 1.807) is 12.3 Å². The summed E-state index contributed by atoms with van der Waals surface area (Å²) in [6, 6.07) is 9.11. The van der Waals surface area contributed by atoms with Gasteiger partial charge in [-0.05, 0) is 94.4 Å². The third-order valence-electron chi connectivity index (χ3n) is 4.61. The number of carboxylic acids is 1. The number of nitrogens with zero attached hydrogens (tertiary/aromatic N) is 3. The number of rotatable bonds is 8. The van der Waals surface area contributed by atoms with Crippen LogP contribution in [0.3, 0.4) is 0 Å². The maximum atomic E-state index is 13.2. The highest BCUT2D eigenvalue weighted by Crippen LogP contribution is 2.29. The lowest BCUT2D eigenvalue weighted by Gasteiger charge is -2.14. The molecule has 3 rings (SSSR count). The Morgan fingerprint density at radius 3 is 2.62 bits per heavy atom. The molecule has 1 aromatic heterocycles. The third kappa shape index (κ3) is 5.87. The molecule has 10 heteroatoms. The molecular weight excluding hydrogens is 704 g/mol. The molecule has 0 aliphatic heterocycles. The van der Waals surface area contributed by atoms with Crippen molar-refractivity contribution in [2.75, 3.05) is 0 Å². The number of aryl methyl sites for hydroxylation is 1. The molecule has 0 radical (unpaired) electrons. The third-order valence-corrected chi connectivity index (χ3v) is 6.71. The van der Waals surface area contributed by atoms with Gasteiger partial charge in [0.05, 0.1) is 24.3 Å². The largest absolute Gasteiger partial charge is 0.479 e. The molecule has 1 atom stereocenters. The molecule has 0 aliphatic rings. The summed E-state index contributed by atoms with van der Waals surface area (Å²) in [6.45, 7) is 3.57. The topological polar surface area (TPSA) is 93.8 Å². The van der Waals surface area contributed by atoms with Gasteiger partial charge in [0.1, 0.15) is 11.6 Å². The summed E-state index contributed by atoms with van der Waals surface area (Å²) in [6.07, 6.45) is 3.17. The molecule has 0 bridgehead atoms. The van der Waals surface area contributed by atoms with E-state index in [4.69, 9.17) is 9.84 Å². The molecule has 168 valence electrons. The number of fused-ring (bicyclic) bond motifs is 1. The minimum atomic E-state index is -1.03. The van der Waals surface area contributed by atoms with Crippen LogP contribution in [0.5, 0.6) is 5.75 Å². The van der Waals surface area contributed by atoms with Gasteiger partial charge in [-0.15, -0.1) is 0 Å². The highest BCUT2D eigenvalue weighted by molar-refractivity contribution is 14.1. The molecule has 0 amide bonds. The summed E-state index contributed by atoms with van der Waals surface area (Å²) in [5, 5.41) is 14.1. The molecule has 7 nitrogen and oxygen atoms in total. The molecule has 0 fully saturated rings. The Hall–Kier alpha value is -1.54. The number of aromatic nitrogens is 2. The molecule has 0 spiro atoms. The average Bonchev–Trinajstić information content (AvgIpc) is 2.74. The van der Waals surface area contributed by atoms with Gasteiger partial charge in [-0.25, -0.2) is 9.78 Å². The molecule has 3 aromatic rings. The number of ether oxygens (including phenoxy) is 1. The van der Waals surface area contributed by atoms with Gasteiger partial charge in [-0.3, -0.25) is 4.79 Å². The van der Waals surface area contributed by atoms with Crippen molar-refractivity contribution in [1.29, 1.82) is 0 Å². The van der Waals surface area contributed by atoms with Crippen LogP contribution in [0, 0.1) is 7.14 Å². The Labute approximate surface area is 220 Å². The van der Waals surface area contributed by atoms with Crippen LogP contribution in [0.25, 0.3) is 10.9 Å². The number of hydrogen-bond acceptors (Lipinski definition) is 5. The molecule has 32 heavy (non-hydrogen) atoms. The molecule has 0 saturated carbocycles. The van der Waals surface area contributed by atoms with E-state index in [1.807, 2.05) is 24.3 Å². The Morgan fingerprint density at radius 2 is 2.00 bits per heavy atom. The average molecular weight is 724 g/mol. The SMILES string of the molecule is CCCCc1nc2ccc(Br)cc2c(=O)n1N=Cc1cc(I)c(O[C@H](C)C(=O)O)c(I)c1. The molecule has 0 unspecified atom stereocenters. The van der Waals surface area contributed by atoms with Crippen molar-refractivity contribution in [3.8, 4) is 5.75 Å². The van der Waals surface area contributed by atoms with Gasteiger partial charge in [0.25, 0.3) is 5.56 Å². The van der Waals surface area contributed by atoms with Gasteiger partial charge in [0.2, 0.25) is 0 Å². The van der Waals surface area contributed by atoms with Crippen molar-refractivity contribution in [1.82, 2.24) is 9.66 Å². The Balaban J connectivity index is 2.03. The fourth-order valence-corrected chi connectivity index (χ4v) is 5.36. The molecule has 1 N–H and O–H groups in total. The van der Waals surface area contributed by atoms with Crippen LogP contribution in [-0.4, -0.2) is 33.1 Å². The number of hydrogen-bond donors (Lipinski definition) is 1. The Bertz CT molecular complexity index is 1240. The lowest BCUT2D eigenvalue weighted by Crippen LogP contribution is -2.24. The van der Waals surface area contributed by atoms with E-state index in [1.165, 1.54) is 11.6 Å². The first-order chi connectivity index (χ1) is 15.2. The highest BCUT2D eigenvalue weighted by atomic mass is 127. The normalized spacial score (nSPS) is 12.4. The van der Waals surface area contributed by atoms with E-state index in [2.05, 4.69) is 78.1 Å². The van der Waals surface area contributed by atoms with Gasteiger partial charge in [0.15, 0.2) is 6.10 Å². The fraction of sp³-hybridized carbons (Fsp3) is 0.273. The summed E-state index contributed by atoms with van der Waals surface area (Å²) in [5.74, 6) is 0.0930. The second kappa shape index (κ2) is 11.1. The second-order valence-electron chi connectivity index (χ2n) is 7.07. The maximum absolute atomic E-state index is 13.2. The zero-order chi connectivity index (χ0) is 23.4. The highest BCUT2D eigenvalue weighted by Gasteiger charge is 2.17. The van der Waals surface area contributed by atoms with Crippen LogP contribution in [0.1, 0.15) is 38.1 Å². The number of halogens is 3. The summed E-state index contributed by atoms with van der Waals surface area (Å²) in [7, 11) is 0. The van der Waals surface area contributed by atoms with Crippen LogP contribution in [-0.2, 0) is 11.2 Å². The van der Waals surface area contributed by atoms with Crippen molar-refractivity contribution in [2.24, 2.45) is 5.10 Å². The smallest absolute Gasteiger partial charge is 0.344 e. The standard InChI is InChI=1S/C22H20BrI2N3O4/c1-3-4-5-19-27-18-7-6-14(23)10-15(18)21(29)28(19)26-11-13-8-16(24)20(17(25)9-13)32-12(2)22(30)31/h6-12H,3-5H2,1-2H3,(H,30,31)/t12-/m1/s1. The molecule has 0 saturated heterocycles. The van der Waals surface area contributed by atoms with E-state index >= 15 is 0 Å².